The molecule has 22 heavy (non-hydrogen) atoms. The van der Waals surface area contributed by atoms with Gasteiger partial charge in [-0.15, -0.1) is 0 Å². The van der Waals surface area contributed by atoms with Crippen LogP contribution in [0.5, 0.6) is 0 Å². The van der Waals surface area contributed by atoms with Gasteiger partial charge in [0.15, 0.2) is 0 Å². The monoisotopic (exact) mass is 284 g/mol. The third-order valence-corrected chi connectivity index (χ3v) is 2.58. The van der Waals surface area contributed by atoms with Gasteiger partial charge in [-0.1, -0.05) is 0 Å². The lowest BCUT2D eigenvalue weighted by Gasteiger charge is -1.96. The van der Waals surface area contributed by atoms with Gasteiger partial charge in [-0.3, -0.25) is 9.59 Å². The first kappa shape index (κ1) is 15.6. The van der Waals surface area contributed by atoms with E-state index >= 15 is 0 Å². The Morgan fingerprint density at radius 2 is 0.727 bits per heavy atom. The summed E-state index contributed by atoms with van der Waals surface area (Å²) in [7, 11) is 0. The lowest BCUT2D eigenvalue weighted by Crippen LogP contribution is -2.04. The van der Waals surface area contributed by atoms with E-state index in [0.29, 0.717) is 0 Å². The molecule has 0 spiro atoms. The molecule has 0 radical (unpaired) electrons. The zero-order chi connectivity index (χ0) is 16.9. The summed E-state index contributed by atoms with van der Waals surface area (Å²) in [6, 6.07) is 8.20. The molecule has 0 heterocycles. The van der Waals surface area contributed by atoms with Crippen molar-refractivity contribution in [3.63, 3.8) is 0 Å². The van der Waals surface area contributed by atoms with Crippen molar-refractivity contribution in [2.45, 2.75) is 0 Å². The van der Waals surface area contributed by atoms with Gasteiger partial charge < -0.3 is 0 Å². The number of allylic oxidation sites excluding steroid dienone is 6. The summed E-state index contributed by atoms with van der Waals surface area (Å²) >= 11 is 0. The summed E-state index contributed by atoms with van der Waals surface area (Å²) in [6.45, 7) is 0. The van der Waals surface area contributed by atoms with E-state index in [-0.39, 0.29) is 0 Å². The van der Waals surface area contributed by atoms with Crippen LogP contribution in [-0.2, 0) is 9.59 Å². The maximum absolute atomic E-state index is 12.2. The van der Waals surface area contributed by atoms with E-state index in [1.807, 2.05) is 0 Å². The molecule has 0 aromatic carbocycles. The summed E-state index contributed by atoms with van der Waals surface area (Å²) in [5.41, 5.74) is -4.76. The van der Waals surface area contributed by atoms with Crippen molar-refractivity contribution in [1.29, 1.82) is 31.6 Å². The van der Waals surface area contributed by atoms with Crippen LogP contribution >= 0.6 is 0 Å². The van der Waals surface area contributed by atoms with Crippen LogP contribution in [0, 0.1) is 68.0 Å². The number of carbonyl (C=O) groups is 2. The van der Waals surface area contributed by atoms with Crippen LogP contribution < -0.4 is 0 Å². The Morgan fingerprint density at radius 1 is 0.500 bits per heavy atom. The van der Waals surface area contributed by atoms with Crippen LogP contribution in [0.4, 0.5) is 0 Å². The highest BCUT2D eigenvalue weighted by molar-refractivity contribution is 6.43. The summed E-state index contributed by atoms with van der Waals surface area (Å²) in [6.07, 6.45) is 0. The second kappa shape index (κ2) is 6.10. The first-order valence-electron chi connectivity index (χ1n) is 5.25. The van der Waals surface area contributed by atoms with Crippen molar-refractivity contribution in [1.82, 2.24) is 0 Å². The molecule has 0 bridgehead atoms. The van der Waals surface area contributed by atoms with E-state index in [2.05, 4.69) is 0 Å². The van der Waals surface area contributed by atoms with Crippen molar-refractivity contribution in [3.05, 3.63) is 33.4 Å². The van der Waals surface area contributed by atoms with Gasteiger partial charge in [-0.25, -0.2) is 0 Å². The van der Waals surface area contributed by atoms with E-state index in [1.165, 1.54) is 36.4 Å². The predicted octanol–water partition coefficient (Wildman–Crippen LogP) is 0.169. The molecule has 0 aliphatic heterocycles. The fraction of sp³-hybridized carbons (Fsp3) is 0. The van der Waals surface area contributed by atoms with E-state index in [0.717, 1.165) is 0 Å². The minimum absolute atomic E-state index is 0.744. The maximum Gasteiger partial charge on any atom is 0.201 e. The topological polar surface area (TPSA) is 177 Å². The van der Waals surface area contributed by atoms with Gasteiger partial charge in [0.05, 0.1) is 16.7 Å². The van der Waals surface area contributed by atoms with Gasteiger partial charge in [0, 0.05) is 0 Å². The molecule has 1 aliphatic carbocycles. The molecular formula is C14N6O2. The first-order chi connectivity index (χ1) is 10.5. The average Bonchev–Trinajstić information content (AvgIpc) is 2.77. The van der Waals surface area contributed by atoms with Crippen LogP contribution in [0.1, 0.15) is 0 Å². The van der Waals surface area contributed by atoms with E-state index in [9.17, 15) is 9.59 Å². The van der Waals surface area contributed by atoms with Crippen molar-refractivity contribution < 1.29 is 9.59 Å². The molecule has 1 aliphatic rings. The minimum Gasteiger partial charge on any atom is -0.288 e. The molecule has 8 heteroatoms. The summed E-state index contributed by atoms with van der Waals surface area (Å²) in [4.78, 5) is 24.4. The van der Waals surface area contributed by atoms with E-state index in [1.54, 1.807) is 0 Å². The number of carbonyl (C=O) groups excluding carboxylic acids is 2. The standard InChI is InChI=1S/C14N6O2/c15-1-7(2-16)10-11(8(3-17)4-18)14(22)12(13(10)21)9(5-19)6-20. The van der Waals surface area contributed by atoms with Crippen molar-refractivity contribution in [2.75, 3.05) is 0 Å². The van der Waals surface area contributed by atoms with Crippen molar-refractivity contribution in [2.24, 2.45) is 0 Å². The molecule has 1 saturated carbocycles. The highest BCUT2D eigenvalue weighted by Crippen LogP contribution is 2.34. The number of rotatable bonds is 0. The number of nitriles is 6. The molecule has 1 rings (SSSR count). The summed E-state index contributed by atoms with van der Waals surface area (Å²) in [5, 5.41) is 52.9. The zero-order valence-corrected chi connectivity index (χ0v) is 10.5. The third-order valence-electron chi connectivity index (χ3n) is 2.58. The van der Waals surface area contributed by atoms with Crippen molar-refractivity contribution >= 4 is 11.6 Å². The smallest absolute Gasteiger partial charge is 0.201 e. The molecule has 98 valence electrons. The highest BCUT2D eigenvalue weighted by Gasteiger charge is 2.43. The molecule has 0 N–H and O–H groups in total. The Kier molecular flexibility index (Phi) is 4.31. The normalized spacial score (nSPS) is 12.2. The van der Waals surface area contributed by atoms with E-state index < -0.39 is 45.0 Å². The Balaban J connectivity index is 4.12. The average molecular weight is 284 g/mol. The SMILES string of the molecule is N#CC(C#N)=C1C(=O)C(=C(C#N)C#N)C(=C(C#N)C#N)C1=O. The van der Waals surface area contributed by atoms with Crippen LogP contribution in [0.3, 0.4) is 0 Å². The van der Waals surface area contributed by atoms with Gasteiger partial charge in [0.25, 0.3) is 0 Å². The third kappa shape index (κ3) is 2.09. The number of ketones is 2. The van der Waals surface area contributed by atoms with Crippen LogP contribution in [-0.4, -0.2) is 11.6 Å². The summed E-state index contributed by atoms with van der Waals surface area (Å²) in [5.74, 6) is -2.42. The number of hydrogen-bond donors (Lipinski definition) is 0. The Labute approximate surface area is 123 Å². The largest absolute Gasteiger partial charge is 0.288 e. The lowest BCUT2D eigenvalue weighted by atomic mass is 9.99. The Bertz CT molecular complexity index is 855. The Hall–Kier alpha value is -4.50. The molecule has 0 aromatic rings. The van der Waals surface area contributed by atoms with Crippen LogP contribution in [0.15, 0.2) is 33.4 Å². The minimum atomic E-state index is -1.21. The van der Waals surface area contributed by atoms with Gasteiger partial charge in [-0.2, -0.15) is 31.6 Å². The number of hydrogen-bond acceptors (Lipinski definition) is 8. The van der Waals surface area contributed by atoms with Crippen LogP contribution in [0.2, 0.25) is 0 Å². The highest BCUT2D eigenvalue weighted by atomic mass is 16.2. The number of Topliss-reactive ketones (excluding diaryl/α,β-unsaturated/α-hetero) is 2. The van der Waals surface area contributed by atoms with Gasteiger partial charge in [-0.05, 0) is 0 Å². The zero-order valence-electron chi connectivity index (χ0n) is 10.5. The quantitative estimate of drug-likeness (QED) is 0.343. The molecule has 0 saturated heterocycles. The predicted molar refractivity (Wildman–Crippen MR) is 64.8 cm³/mol. The molecule has 0 unspecified atom stereocenters. The maximum atomic E-state index is 12.2. The fourth-order valence-corrected chi connectivity index (χ4v) is 1.69. The summed E-state index contributed by atoms with van der Waals surface area (Å²) < 4.78 is 0. The second-order valence-electron chi connectivity index (χ2n) is 3.58. The molecule has 0 atom stereocenters. The molecule has 0 aromatic heterocycles. The molecular weight excluding hydrogens is 284 g/mol. The second-order valence-corrected chi connectivity index (χ2v) is 3.58. The van der Waals surface area contributed by atoms with Gasteiger partial charge >= 0.3 is 0 Å². The van der Waals surface area contributed by atoms with Gasteiger partial charge in [0.1, 0.15) is 53.1 Å². The van der Waals surface area contributed by atoms with Gasteiger partial charge in [0.2, 0.25) is 11.6 Å². The molecule has 0 amide bonds. The molecule has 8 nitrogen and oxygen atoms in total. The molecule has 1 fully saturated rings. The van der Waals surface area contributed by atoms with Crippen molar-refractivity contribution in [3.8, 4) is 36.4 Å². The first-order valence-corrected chi connectivity index (χ1v) is 5.25. The Morgan fingerprint density at radius 3 is 0.955 bits per heavy atom. The fourth-order valence-electron chi connectivity index (χ4n) is 1.69. The van der Waals surface area contributed by atoms with E-state index in [4.69, 9.17) is 31.6 Å². The van der Waals surface area contributed by atoms with Crippen LogP contribution in [0.25, 0.3) is 0 Å². The lowest BCUT2D eigenvalue weighted by molar-refractivity contribution is -0.115. The number of nitrogens with zero attached hydrogens (tertiary/aromatic N) is 6.